The predicted octanol–water partition coefficient (Wildman–Crippen LogP) is 4.02. The molecule has 0 radical (unpaired) electrons. The second kappa shape index (κ2) is 7.53. The van der Waals surface area contributed by atoms with Crippen LogP contribution in [0.2, 0.25) is 5.02 Å². The highest BCUT2D eigenvalue weighted by Crippen LogP contribution is 2.32. The van der Waals surface area contributed by atoms with Gasteiger partial charge >= 0.3 is 5.69 Å². The molecular formula is C18H18ClN3O4. The van der Waals surface area contributed by atoms with Crippen LogP contribution < -0.4 is 5.43 Å². The Bertz CT molecular complexity index is 871. The fraction of sp³-hybridized carbons (Fsp3) is 0.222. The molecule has 0 unspecified atom stereocenters. The number of hydrogen-bond donors (Lipinski definition) is 2. The first-order valence-electron chi connectivity index (χ1n) is 7.70. The first-order chi connectivity index (χ1) is 12.1. The van der Waals surface area contributed by atoms with E-state index in [1.165, 1.54) is 6.07 Å². The number of rotatable bonds is 4. The third kappa shape index (κ3) is 4.58. The molecule has 0 atom stereocenters. The number of amides is 1. The minimum Gasteiger partial charge on any atom is -0.502 e. The first-order valence-corrected chi connectivity index (χ1v) is 8.08. The minimum atomic E-state index is -0.756. The second-order valence-electron chi connectivity index (χ2n) is 6.65. The molecule has 136 valence electrons. The second-order valence-corrected chi connectivity index (χ2v) is 7.08. The number of hydrazone groups is 1. The molecule has 0 saturated heterocycles. The van der Waals surface area contributed by atoms with E-state index in [2.05, 4.69) is 31.3 Å². The van der Waals surface area contributed by atoms with E-state index >= 15 is 0 Å². The highest BCUT2D eigenvalue weighted by atomic mass is 35.5. The van der Waals surface area contributed by atoms with Crippen LogP contribution in [0, 0.1) is 10.1 Å². The van der Waals surface area contributed by atoms with E-state index in [4.69, 9.17) is 11.6 Å². The molecule has 0 aliphatic rings. The maximum absolute atomic E-state index is 12.1. The van der Waals surface area contributed by atoms with E-state index in [0.29, 0.717) is 5.56 Å². The summed E-state index contributed by atoms with van der Waals surface area (Å²) in [4.78, 5) is 22.2. The Morgan fingerprint density at radius 2 is 1.88 bits per heavy atom. The van der Waals surface area contributed by atoms with Gasteiger partial charge in [-0.05, 0) is 29.2 Å². The number of nitrogens with zero attached hydrogens (tertiary/aromatic N) is 2. The van der Waals surface area contributed by atoms with Crippen LogP contribution in [0.15, 0.2) is 41.5 Å². The zero-order valence-corrected chi connectivity index (χ0v) is 15.2. The largest absolute Gasteiger partial charge is 0.502 e. The molecule has 0 aliphatic heterocycles. The van der Waals surface area contributed by atoms with Crippen molar-refractivity contribution in [3.05, 3.63) is 68.2 Å². The molecular weight excluding hydrogens is 358 g/mol. The minimum absolute atomic E-state index is 0.0209. The zero-order chi connectivity index (χ0) is 19.5. The van der Waals surface area contributed by atoms with Gasteiger partial charge < -0.3 is 5.11 Å². The summed E-state index contributed by atoms with van der Waals surface area (Å²) < 4.78 is 0. The number of nitrogens with one attached hydrogen (secondary N) is 1. The molecule has 0 heterocycles. The van der Waals surface area contributed by atoms with Gasteiger partial charge in [0.15, 0.2) is 0 Å². The molecule has 2 aromatic rings. The van der Waals surface area contributed by atoms with Crippen LogP contribution >= 0.6 is 11.6 Å². The van der Waals surface area contributed by atoms with Gasteiger partial charge in [-0.3, -0.25) is 14.9 Å². The van der Waals surface area contributed by atoms with E-state index < -0.39 is 22.3 Å². The number of carbonyl (C=O) groups is 1. The fourth-order valence-corrected chi connectivity index (χ4v) is 2.41. The van der Waals surface area contributed by atoms with E-state index in [0.717, 1.165) is 17.8 Å². The Morgan fingerprint density at radius 3 is 2.42 bits per heavy atom. The van der Waals surface area contributed by atoms with Crippen molar-refractivity contribution in [1.82, 2.24) is 5.43 Å². The molecule has 2 aromatic carbocycles. The van der Waals surface area contributed by atoms with Gasteiger partial charge in [0.25, 0.3) is 5.91 Å². The van der Waals surface area contributed by atoms with Crippen molar-refractivity contribution in [2.24, 2.45) is 5.10 Å². The van der Waals surface area contributed by atoms with Crippen LogP contribution in [0.1, 0.15) is 42.3 Å². The molecule has 1 amide bonds. The van der Waals surface area contributed by atoms with E-state index in [1.807, 2.05) is 12.1 Å². The first kappa shape index (κ1) is 19.4. The third-order valence-corrected chi connectivity index (χ3v) is 3.88. The van der Waals surface area contributed by atoms with Crippen molar-refractivity contribution in [1.29, 1.82) is 0 Å². The predicted molar refractivity (Wildman–Crippen MR) is 100.0 cm³/mol. The summed E-state index contributed by atoms with van der Waals surface area (Å²) in [6.07, 6.45) is 1.09. The zero-order valence-electron chi connectivity index (χ0n) is 14.5. The lowest BCUT2D eigenvalue weighted by molar-refractivity contribution is -0.385. The van der Waals surface area contributed by atoms with Crippen molar-refractivity contribution in [3.8, 4) is 5.75 Å². The van der Waals surface area contributed by atoms with Crippen LogP contribution in [0.3, 0.4) is 0 Å². The summed E-state index contributed by atoms with van der Waals surface area (Å²) in [6, 6.07) is 9.44. The lowest BCUT2D eigenvalue weighted by Crippen LogP contribution is -2.18. The number of halogens is 1. The average molecular weight is 376 g/mol. The van der Waals surface area contributed by atoms with Crippen LogP contribution in [0.4, 0.5) is 5.69 Å². The standard InChI is InChI=1S/C18H18ClN3O4/c1-18(2,3)13-6-4-11(5-7-13)17(24)21-20-10-12-8-14(19)9-15(16(12)23)22(25)26/h4-10,23H,1-3H3,(H,21,24). The molecule has 0 aromatic heterocycles. The summed E-state index contributed by atoms with van der Waals surface area (Å²) in [5.74, 6) is -1.02. The summed E-state index contributed by atoms with van der Waals surface area (Å²) in [5, 5.41) is 24.5. The van der Waals surface area contributed by atoms with Gasteiger partial charge in [-0.1, -0.05) is 44.5 Å². The molecule has 2 N–H and O–H groups in total. The monoisotopic (exact) mass is 375 g/mol. The highest BCUT2D eigenvalue weighted by molar-refractivity contribution is 6.31. The molecule has 8 heteroatoms. The highest BCUT2D eigenvalue weighted by Gasteiger charge is 2.18. The Morgan fingerprint density at radius 1 is 1.27 bits per heavy atom. The third-order valence-electron chi connectivity index (χ3n) is 3.66. The van der Waals surface area contributed by atoms with Gasteiger partial charge in [0.05, 0.1) is 11.1 Å². The van der Waals surface area contributed by atoms with Crippen molar-refractivity contribution < 1.29 is 14.8 Å². The number of aromatic hydroxyl groups is 1. The molecule has 2 rings (SSSR count). The average Bonchev–Trinajstić information content (AvgIpc) is 2.56. The van der Waals surface area contributed by atoms with Gasteiger partial charge in [-0.25, -0.2) is 5.43 Å². The molecule has 26 heavy (non-hydrogen) atoms. The lowest BCUT2D eigenvalue weighted by Gasteiger charge is -2.18. The van der Waals surface area contributed by atoms with Crippen molar-refractivity contribution >= 4 is 29.4 Å². The summed E-state index contributed by atoms with van der Waals surface area (Å²) >= 11 is 5.79. The number of nitro groups is 1. The molecule has 0 saturated carbocycles. The van der Waals surface area contributed by atoms with Gasteiger partial charge in [0.1, 0.15) is 0 Å². The number of benzene rings is 2. The lowest BCUT2D eigenvalue weighted by atomic mass is 9.87. The number of phenols is 1. The van der Waals surface area contributed by atoms with Gasteiger partial charge in [0.2, 0.25) is 5.75 Å². The van der Waals surface area contributed by atoms with Crippen LogP contribution in [0.25, 0.3) is 0 Å². The SMILES string of the molecule is CC(C)(C)c1ccc(C(=O)NN=Cc2cc(Cl)cc([N+](=O)[O-])c2O)cc1. The Hall–Kier alpha value is -2.93. The van der Waals surface area contributed by atoms with Crippen molar-refractivity contribution in [3.63, 3.8) is 0 Å². The van der Waals surface area contributed by atoms with Gasteiger partial charge in [-0.15, -0.1) is 0 Å². The Kier molecular flexibility index (Phi) is 5.62. The molecule has 0 bridgehead atoms. The Balaban J connectivity index is 2.13. The quantitative estimate of drug-likeness (QED) is 0.478. The van der Waals surface area contributed by atoms with E-state index in [1.54, 1.807) is 12.1 Å². The Labute approximate surface area is 155 Å². The van der Waals surface area contributed by atoms with Crippen LogP contribution in [-0.2, 0) is 5.41 Å². The molecule has 7 nitrogen and oxygen atoms in total. The van der Waals surface area contributed by atoms with Gasteiger partial charge in [0, 0.05) is 22.2 Å². The van der Waals surface area contributed by atoms with E-state index in [9.17, 15) is 20.0 Å². The van der Waals surface area contributed by atoms with Crippen molar-refractivity contribution in [2.75, 3.05) is 0 Å². The van der Waals surface area contributed by atoms with Crippen LogP contribution in [0.5, 0.6) is 5.75 Å². The summed E-state index contributed by atoms with van der Waals surface area (Å²) in [5.41, 5.74) is 3.27. The maximum atomic E-state index is 12.1. The normalized spacial score (nSPS) is 11.5. The smallest absolute Gasteiger partial charge is 0.312 e. The number of nitro benzene ring substituents is 1. The van der Waals surface area contributed by atoms with Crippen molar-refractivity contribution in [2.45, 2.75) is 26.2 Å². The van der Waals surface area contributed by atoms with E-state index in [-0.39, 0.29) is 16.0 Å². The fourth-order valence-electron chi connectivity index (χ4n) is 2.19. The topological polar surface area (TPSA) is 105 Å². The number of hydrogen-bond acceptors (Lipinski definition) is 5. The molecule has 0 aliphatic carbocycles. The molecule has 0 fully saturated rings. The maximum Gasteiger partial charge on any atom is 0.312 e. The van der Waals surface area contributed by atoms with Crippen LogP contribution in [-0.4, -0.2) is 22.2 Å². The summed E-state index contributed by atoms with van der Waals surface area (Å²) in [7, 11) is 0. The molecule has 0 spiro atoms. The number of phenolic OH excluding ortho intramolecular Hbond substituents is 1. The number of carbonyl (C=O) groups excluding carboxylic acids is 1. The van der Waals surface area contributed by atoms with Gasteiger partial charge in [-0.2, -0.15) is 5.10 Å². The summed E-state index contributed by atoms with van der Waals surface area (Å²) in [6.45, 7) is 6.22.